The first-order valence-corrected chi connectivity index (χ1v) is 9.28. The molecule has 0 spiro atoms. The number of hydrogen-bond acceptors (Lipinski definition) is 5. The zero-order chi connectivity index (χ0) is 21.4. The predicted molar refractivity (Wildman–Crippen MR) is 109 cm³/mol. The van der Waals surface area contributed by atoms with Crippen LogP contribution in [-0.4, -0.2) is 34.1 Å². The molecule has 1 atom stereocenters. The number of nitrogens with one attached hydrogen (secondary N) is 1. The molecule has 8 heteroatoms. The molecule has 150 valence electrons. The van der Waals surface area contributed by atoms with Gasteiger partial charge < -0.3 is 5.32 Å². The predicted octanol–water partition coefficient (Wildman–Crippen LogP) is 3.22. The highest BCUT2D eigenvalue weighted by atomic mass is 16.6. The van der Waals surface area contributed by atoms with Crippen LogP contribution in [0.5, 0.6) is 0 Å². The van der Waals surface area contributed by atoms with E-state index in [1.54, 1.807) is 0 Å². The normalized spacial score (nSPS) is 14.0. The molecule has 1 aliphatic heterocycles. The Morgan fingerprint density at radius 2 is 1.73 bits per heavy atom. The number of fused-ring (bicyclic) bond motifs is 2. The number of non-ortho nitro benzene ring substituents is 1. The van der Waals surface area contributed by atoms with Gasteiger partial charge in [0.25, 0.3) is 17.5 Å². The van der Waals surface area contributed by atoms with Crippen molar-refractivity contribution in [2.24, 2.45) is 0 Å². The minimum absolute atomic E-state index is 0.0560. The summed E-state index contributed by atoms with van der Waals surface area (Å²) in [5, 5.41) is 15.8. The van der Waals surface area contributed by atoms with Crippen LogP contribution in [0.1, 0.15) is 39.2 Å². The van der Waals surface area contributed by atoms with Crippen molar-refractivity contribution < 1.29 is 19.3 Å². The van der Waals surface area contributed by atoms with Crippen LogP contribution in [0.2, 0.25) is 0 Å². The third kappa shape index (κ3) is 3.28. The SMILES string of the molecule is C[C@@H](NC(=O)CN1C(=O)c2ccc([N+](=O)[O-])cc2C1=O)c1cccc2ccccc12. The number of imide groups is 1. The summed E-state index contributed by atoms with van der Waals surface area (Å²) in [5.74, 6) is -1.86. The van der Waals surface area contributed by atoms with Gasteiger partial charge in [-0.05, 0) is 29.3 Å². The summed E-state index contributed by atoms with van der Waals surface area (Å²) in [6.45, 7) is 1.36. The molecule has 1 heterocycles. The molecule has 1 aliphatic rings. The van der Waals surface area contributed by atoms with Gasteiger partial charge in [0, 0.05) is 12.1 Å². The van der Waals surface area contributed by atoms with Crippen molar-refractivity contribution in [1.82, 2.24) is 10.2 Å². The second-order valence-electron chi connectivity index (χ2n) is 7.04. The molecular formula is C22H17N3O5. The molecule has 0 saturated heterocycles. The highest BCUT2D eigenvalue weighted by Crippen LogP contribution is 2.27. The summed E-state index contributed by atoms with van der Waals surface area (Å²) in [4.78, 5) is 48.7. The average Bonchev–Trinajstić information content (AvgIpc) is 2.97. The lowest BCUT2D eigenvalue weighted by Gasteiger charge is -2.19. The van der Waals surface area contributed by atoms with Gasteiger partial charge in [-0.1, -0.05) is 42.5 Å². The van der Waals surface area contributed by atoms with Gasteiger partial charge in [0.15, 0.2) is 0 Å². The maximum Gasteiger partial charge on any atom is 0.270 e. The van der Waals surface area contributed by atoms with Crippen molar-refractivity contribution in [1.29, 1.82) is 0 Å². The number of carbonyl (C=O) groups is 3. The van der Waals surface area contributed by atoms with Crippen LogP contribution in [0.3, 0.4) is 0 Å². The monoisotopic (exact) mass is 403 g/mol. The molecule has 0 saturated carbocycles. The lowest BCUT2D eigenvalue weighted by molar-refractivity contribution is -0.384. The van der Waals surface area contributed by atoms with E-state index < -0.39 is 29.2 Å². The molecule has 0 aromatic heterocycles. The Bertz CT molecular complexity index is 1220. The Hall–Kier alpha value is -4.07. The lowest BCUT2D eigenvalue weighted by Crippen LogP contribution is -2.41. The van der Waals surface area contributed by atoms with E-state index in [9.17, 15) is 24.5 Å². The third-order valence-corrected chi connectivity index (χ3v) is 5.13. The van der Waals surface area contributed by atoms with Crippen LogP contribution in [0.25, 0.3) is 10.8 Å². The largest absolute Gasteiger partial charge is 0.348 e. The number of hydrogen-bond donors (Lipinski definition) is 1. The topological polar surface area (TPSA) is 110 Å². The molecular weight excluding hydrogens is 386 g/mol. The van der Waals surface area contributed by atoms with Gasteiger partial charge >= 0.3 is 0 Å². The van der Waals surface area contributed by atoms with Crippen LogP contribution in [0.4, 0.5) is 5.69 Å². The van der Waals surface area contributed by atoms with Crippen molar-refractivity contribution in [3.63, 3.8) is 0 Å². The first-order chi connectivity index (χ1) is 14.4. The molecule has 3 aromatic carbocycles. The summed E-state index contributed by atoms with van der Waals surface area (Å²) in [5.41, 5.74) is 0.620. The van der Waals surface area contributed by atoms with Crippen LogP contribution < -0.4 is 5.32 Å². The minimum Gasteiger partial charge on any atom is -0.348 e. The van der Waals surface area contributed by atoms with Gasteiger partial charge in [0.1, 0.15) is 6.54 Å². The molecule has 0 aliphatic carbocycles. The molecule has 3 aromatic rings. The molecule has 0 bridgehead atoms. The first kappa shape index (κ1) is 19.3. The number of rotatable bonds is 5. The summed E-state index contributed by atoms with van der Waals surface area (Å²) in [7, 11) is 0. The van der Waals surface area contributed by atoms with Crippen molar-refractivity contribution in [3.05, 3.63) is 87.5 Å². The minimum atomic E-state index is -0.716. The van der Waals surface area contributed by atoms with Crippen molar-refractivity contribution in [2.75, 3.05) is 6.54 Å². The molecule has 30 heavy (non-hydrogen) atoms. The highest BCUT2D eigenvalue weighted by molar-refractivity contribution is 6.22. The Morgan fingerprint density at radius 1 is 1.03 bits per heavy atom. The van der Waals surface area contributed by atoms with Gasteiger partial charge in [-0.25, -0.2) is 0 Å². The molecule has 1 N–H and O–H groups in total. The number of nitro groups is 1. The van der Waals surface area contributed by atoms with Crippen molar-refractivity contribution in [2.45, 2.75) is 13.0 Å². The Labute approximate surface area is 171 Å². The fraction of sp³-hybridized carbons (Fsp3) is 0.136. The van der Waals surface area contributed by atoms with E-state index in [0.29, 0.717) is 0 Å². The van der Waals surface area contributed by atoms with Crippen LogP contribution >= 0.6 is 0 Å². The summed E-state index contributed by atoms with van der Waals surface area (Å²) < 4.78 is 0. The van der Waals surface area contributed by atoms with Crippen LogP contribution in [0.15, 0.2) is 60.7 Å². The van der Waals surface area contributed by atoms with E-state index in [1.165, 1.54) is 6.07 Å². The smallest absolute Gasteiger partial charge is 0.270 e. The Balaban J connectivity index is 1.51. The number of carbonyl (C=O) groups excluding carboxylic acids is 3. The Kier molecular flexibility index (Phi) is 4.75. The zero-order valence-corrected chi connectivity index (χ0v) is 16.0. The molecule has 8 nitrogen and oxygen atoms in total. The standard InChI is InChI=1S/C22H17N3O5/c1-13(16-8-4-6-14-5-2-3-7-17(14)16)23-20(26)12-24-21(27)18-10-9-15(25(29)30)11-19(18)22(24)28/h2-11,13H,12H2,1H3,(H,23,26)/t13-/m1/s1. The number of benzene rings is 3. The van der Waals surface area contributed by atoms with Crippen LogP contribution in [0, 0.1) is 10.1 Å². The summed E-state index contributed by atoms with van der Waals surface area (Å²) >= 11 is 0. The fourth-order valence-electron chi connectivity index (χ4n) is 3.67. The number of nitrogens with zero attached hydrogens (tertiary/aromatic N) is 2. The first-order valence-electron chi connectivity index (χ1n) is 9.28. The summed E-state index contributed by atoms with van der Waals surface area (Å²) in [6.07, 6.45) is 0. The van der Waals surface area contributed by atoms with Gasteiger partial charge in [-0.15, -0.1) is 0 Å². The molecule has 0 fully saturated rings. The lowest BCUT2D eigenvalue weighted by atomic mass is 10.00. The van der Waals surface area contributed by atoms with E-state index >= 15 is 0 Å². The Morgan fingerprint density at radius 3 is 2.50 bits per heavy atom. The maximum atomic E-state index is 12.6. The van der Waals surface area contributed by atoms with Gasteiger partial charge in [0.05, 0.1) is 22.1 Å². The number of nitro benzene ring substituents is 1. The van der Waals surface area contributed by atoms with E-state index in [4.69, 9.17) is 0 Å². The zero-order valence-electron chi connectivity index (χ0n) is 16.0. The van der Waals surface area contributed by atoms with E-state index in [0.717, 1.165) is 33.4 Å². The average molecular weight is 403 g/mol. The van der Waals surface area contributed by atoms with Gasteiger partial charge in [-0.3, -0.25) is 29.4 Å². The van der Waals surface area contributed by atoms with Gasteiger partial charge in [-0.2, -0.15) is 0 Å². The summed E-state index contributed by atoms with van der Waals surface area (Å²) in [6, 6.07) is 16.7. The van der Waals surface area contributed by atoms with E-state index in [2.05, 4.69) is 5.32 Å². The maximum absolute atomic E-state index is 12.6. The van der Waals surface area contributed by atoms with Crippen molar-refractivity contribution in [3.8, 4) is 0 Å². The quantitative estimate of drug-likeness (QED) is 0.400. The van der Waals surface area contributed by atoms with E-state index in [-0.39, 0.29) is 22.9 Å². The third-order valence-electron chi connectivity index (χ3n) is 5.13. The molecule has 0 radical (unpaired) electrons. The molecule has 0 unspecified atom stereocenters. The van der Waals surface area contributed by atoms with Crippen molar-refractivity contribution >= 4 is 34.2 Å². The van der Waals surface area contributed by atoms with Crippen LogP contribution in [-0.2, 0) is 4.79 Å². The van der Waals surface area contributed by atoms with Gasteiger partial charge in [0.2, 0.25) is 5.91 Å². The second kappa shape index (κ2) is 7.40. The highest BCUT2D eigenvalue weighted by Gasteiger charge is 2.38. The second-order valence-corrected chi connectivity index (χ2v) is 7.04. The molecule has 3 amide bonds. The fourth-order valence-corrected chi connectivity index (χ4v) is 3.67. The molecule has 4 rings (SSSR count). The number of amides is 3. The van der Waals surface area contributed by atoms with E-state index in [1.807, 2.05) is 49.4 Å².